The van der Waals surface area contributed by atoms with Gasteiger partial charge in [0.25, 0.3) is 0 Å². The van der Waals surface area contributed by atoms with Crippen LogP contribution in [0.3, 0.4) is 0 Å². The molecule has 1 unspecified atom stereocenters. The Kier molecular flexibility index (Phi) is 2.99. The highest BCUT2D eigenvalue weighted by atomic mass is 79.9. The minimum absolute atomic E-state index is 0.0519. The van der Waals surface area contributed by atoms with Crippen molar-refractivity contribution in [1.82, 2.24) is 5.32 Å². The van der Waals surface area contributed by atoms with Crippen LogP contribution in [0.4, 0.5) is 8.78 Å². The van der Waals surface area contributed by atoms with E-state index in [2.05, 4.69) is 21.2 Å². The zero-order chi connectivity index (χ0) is 11.9. The van der Waals surface area contributed by atoms with Gasteiger partial charge in [-0.05, 0) is 42.0 Å². The molecule has 5 heteroatoms. The topological polar surface area (TPSA) is 25.2 Å². The smallest absolute Gasteiger partial charge is 0.201 e. The Morgan fingerprint density at radius 2 is 2.06 bits per heavy atom. The molecule has 0 aliphatic heterocycles. The number of nitrogens with one attached hydrogen (secondary N) is 1. The molecule has 16 heavy (non-hydrogen) atoms. The van der Waals surface area contributed by atoms with Gasteiger partial charge in [0, 0.05) is 9.86 Å². The second-order valence-electron chi connectivity index (χ2n) is 3.56. The van der Waals surface area contributed by atoms with Crippen LogP contribution in [-0.2, 0) is 0 Å². The molecule has 1 aromatic heterocycles. The van der Waals surface area contributed by atoms with Crippen LogP contribution in [0.25, 0.3) is 11.0 Å². The molecule has 2 aromatic rings. The Labute approximate surface area is 99.8 Å². The summed E-state index contributed by atoms with van der Waals surface area (Å²) in [4.78, 5) is 0. The van der Waals surface area contributed by atoms with E-state index in [9.17, 15) is 8.78 Å². The first kappa shape index (κ1) is 11.5. The zero-order valence-corrected chi connectivity index (χ0v) is 10.4. The lowest BCUT2D eigenvalue weighted by atomic mass is 10.2. The number of hydrogen-bond acceptors (Lipinski definition) is 2. The zero-order valence-electron chi connectivity index (χ0n) is 8.77. The molecule has 1 aromatic carbocycles. The lowest BCUT2D eigenvalue weighted by Gasteiger charge is -2.04. The van der Waals surface area contributed by atoms with Crippen LogP contribution in [0.15, 0.2) is 21.0 Å². The van der Waals surface area contributed by atoms with Crippen molar-refractivity contribution in [2.75, 3.05) is 7.05 Å². The summed E-state index contributed by atoms with van der Waals surface area (Å²) in [5, 5.41) is 3.51. The van der Waals surface area contributed by atoms with Gasteiger partial charge in [0.05, 0.1) is 6.04 Å². The minimum Gasteiger partial charge on any atom is -0.456 e. The average molecular weight is 290 g/mol. The van der Waals surface area contributed by atoms with E-state index in [4.69, 9.17) is 4.42 Å². The van der Waals surface area contributed by atoms with Crippen molar-refractivity contribution in [3.63, 3.8) is 0 Å². The van der Waals surface area contributed by atoms with E-state index in [-0.39, 0.29) is 11.6 Å². The SMILES string of the molecule is CNC(C)c1cc2c(Br)cc(F)c(F)c2o1. The van der Waals surface area contributed by atoms with Gasteiger partial charge in [0.15, 0.2) is 11.4 Å². The number of fused-ring (bicyclic) bond motifs is 1. The van der Waals surface area contributed by atoms with E-state index in [1.165, 1.54) is 0 Å². The van der Waals surface area contributed by atoms with Crippen molar-refractivity contribution >= 4 is 26.9 Å². The van der Waals surface area contributed by atoms with Crippen LogP contribution in [0, 0.1) is 11.6 Å². The summed E-state index contributed by atoms with van der Waals surface area (Å²) in [7, 11) is 1.77. The van der Waals surface area contributed by atoms with Crippen LogP contribution in [0.1, 0.15) is 18.7 Å². The van der Waals surface area contributed by atoms with E-state index < -0.39 is 11.6 Å². The highest BCUT2D eigenvalue weighted by molar-refractivity contribution is 9.10. The van der Waals surface area contributed by atoms with Crippen molar-refractivity contribution in [3.05, 3.63) is 34.0 Å². The molecular formula is C11H10BrF2NO. The molecule has 86 valence electrons. The molecule has 1 N–H and O–H groups in total. The fourth-order valence-electron chi connectivity index (χ4n) is 1.47. The molecule has 0 aliphatic rings. The largest absolute Gasteiger partial charge is 0.456 e. The maximum atomic E-state index is 13.4. The molecule has 0 aliphatic carbocycles. The summed E-state index contributed by atoms with van der Waals surface area (Å²) in [6.45, 7) is 1.87. The third-order valence-corrected chi connectivity index (χ3v) is 3.19. The molecule has 0 radical (unpaired) electrons. The molecule has 0 amide bonds. The molecular weight excluding hydrogens is 280 g/mol. The quantitative estimate of drug-likeness (QED) is 0.852. The van der Waals surface area contributed by atoms with Gasteiger partial charge in [-0.15, -0.1) is 0 Å². The number of halogens is 3. The van der Waals surface area contributed by atoms with Gasteiger partial charge >= 0.3 is 0 Å². The summed E-state index contributed by atoms with van der Waals surface area (Å²) in [5.41, 5.74) is -0.0519. The number of hydrogen-bond donors (Lipinski definition) is 1. The predicted molar refractivity (Wildman–Crippen MR) is 61.3 cm³/mol. The van der Waals surface area contributed by atoms with Crippen molar-refractivity contribution < 1.29 is 13.2 Å². The van der Waals surface area contributed by atoms with E-state index in [1.807, 2.05) is 6.92 Å². The summed E-state index contributed by atoms with van der Waals surface area (Å²) in [6.07, 6.45) is 0. The Morgan fingerprint density at radius 3 is 2.69 bits per heavy atom. The van der Waals surface area contributed by atoms with Gasteiger partial charge in [-0.2, -0.15) is 4.39 Å². The van der Waals surface area contributed by atoms with Crippen LogP contribution < -0.4 is 5.32 Å². The van der Waals surface area contributed by atoms with Crippen LogP contribution in [0.2, 0.25) is 0 Å². The van der Waals surface area contributed by atoms with Gasteiger partial charge in [0.2, 0.25) is 5.82 Å². The standard InChI is InChI=1S/C11H10BrF2NO/c1-5(15-2)9-3-6-7(12)4-8(13)10(14)11(6)16-9/h3-5,15H,1-2H3. The van der Waals surface area contributed by atoms with Gasteiger partial charge in [-0.1, -0.05) is 0 Å². The summed E-state index contributed by atoms with van der Waals surface area (Å²) >= 11 is 3.18. The maximum Gasteiger partial charge on any atom is 0.201 e. The van der Waals surface area contributed by atoms with E-state index in [0.717, 1.165) is 6.07 Å². The average Bonchev–Trinajstić information content (AvgIpc) is 2.70. The van der Waals surface area contributed by atoms with Gasteiger partial charge < -0.3 is 9.73 Å². The first-order chi connectivity index (χ1) is 7.54. The van der Waals surface area contributed by atoms with Crippen LogP contribution >= 0.6 is 15.9 Å². The van der Waals surface area contributed by atoms with E-state index >= 15 is 0 Å². The first-order valence-corrected chi connectivity index (χ1v) is 5.58. The fraction of sp³-hybridized carbons (Fsp3) is 0.273. The van der Waals surface area contributed by atoms with Crippen LogP contribution in [0.5, 0.6) is 0 Å². The van der Waals surface area contributed by atoms with Gasteiger partial charge in [-0.25, -0.2) is 4.39 Å². The Morgan fingerprint density at radius 1 is 1.38 bits per heavy atom. The Bertz CT molecular complexity index is 538. The number of furan rings is 1. The molecule has 1 heterocycles. The minimum atomic E-state index is -0.951. The van der Waals surface area contributed by atoms with Crippen molar-refractivity contribution in [3.8, 4) is 0 Å². The summed E-state index contributed by atoms with van der Waals surface area (Å²) in [6, 6.07) is 2.74. The predicted octanol–water partition coefficient (Wildman–Crippen LogP) is 3.75. The molecule has 2 nitrogen and oxygen atoms in total. The molecule has 0 saturated heterocycles. The molecule has 0 fully saturated rings. The van der Waals surface area contributed by atoms with Crippen molar-refractivity contribution in [2.24, 2.45) is 0 Å². The van der Waals surface area contributed by atoms with Gasteiger partial charge in [0.1, 0.15) is 5.76 Å². The molecule has 1 atom stereocenters. The summed E-state index contributed by atoms with van der Waals surface area (Å²) in [5.74, 6) is -1.30. The lowest BCUT2D eigenvalue weighted by molar-refractivity contribution is 0.448. The van der Waals surface area contributed by atoms with E-state index in [1.54, 1.807) is 13.1 Å². The number of benzene rings is 1. The van der Waals surface area contributed by atoms with E-state index in [0.29, 0.717) is 15.6 Å². The normalized spacial score (nSPS) is 13.3. The van der Waals surface area contributed by atoms with Crippen molar-refractivity contribution in [2.45, 2.75) is 13.0 Å². The highest BCUT2D eigenvalue weighted by Gasteiger charge is 2.18. The van der Waals surface area contributed by atoms with Gasteiger partial charge in [-0.3, -0.25) is 0 Å². The highest BCUT2D eigenvalue weighted by Crippen LogP contribution is 2.32. The second kappa shape index (κ2) is 4.14. The molecule has 0 saturated carbocycles. The summed E-state index contributed by atoms with van der Waals surface area (Å²) < 4.78 is 32.4. The Hall–Kier alpha value is -0.940. The van der Waals surface area contributed by atoms with Crippen molar-refractivity contribution in [1.29, 1.82) is 0 Å². The lowest BCUT2D eigenvalue weighted by Crippen LogP contribution is -2.10. The molecule has 0 spiro atoms. The third kappa shape index (κ3) is 1.74. The number of rotatable bonds is 2. The maximum absolute atomic E-state index is 13.4. The second-order valence-corrected chi connectivity index (χ2v) is 4.41. The van der Waals surface area contributed by atoms with Crippen LogP contribution in [-0.4, -0.2) is 7.05 Å². The molecule has 0 bridgehead atoms. The first-order valence-electron chi connectivity index (χ1n) is 4.78. The third-order valence-electron chi connectivity index (χ3n) is 2.53. The Balaban J connectivity index is 2.70. The monoisotopic (exact) mass is 289 g/mol. The molecule has 2 rings (SSSR count). The fourth-order valence-corrected chi connectivity index (χ4v) is 1.96.